The fourth-order valence-electron chi connectivity index (χ4n) is 4.88. The molecule has 5 heteroatoms. The van der Waals surface area contributed by atoms with Crippen molar-refractivity contribution in [3.05, 3.63) is 69.7 Å². The number of hydrogen-bond acceptors (Lipinski definition) is 2. The van der Waals surface area contributed by atoms with E-state index in [9.17, 15) is 4.79 Å². The van der Waals surface area contributed by atoms with Crippen LogP contribution in [0.1, 0.15) is 47.6 Å². The third-order valence-electron chi connectivity index (χ3n) is 6.41. The molecule has 2 heterocycles. The van der Waals surface area contributed by atoms with Crippen LogP contribution in [0.15, 0.2) is 48.5 Å². The van der Waals surface area contributed by atoms with E-state index >= 15 is 0 Å². The first-order valence-electron chi connectivity index (χ1n) is 9.52. The molecule has 0 unspecified atom stereocenters. The van der Waals surface area contributed by atoms with Crippen LogP contribution in [-0.4, -0.2) is 29.9 Å². The minimum Gasteiger partial charge on any atom is -0.343 e. The number of rotatable bonds is 4. The van der Waals surface area contributed by atoms with E-state index in [-0.39, 0.29) is 17.5 Å². The highest BCUT2D eigenvalue weighted by atomic mass is 35.5. The molecule has 0 radical (unpaired) electrons. The maximum Gasteiger partial charge on any atom is 0.253 e. The Hall–Kier alpha value is -1.55. The summed E-state index contributed by atoms with van der Waals surface area (Å²) in [5.41, 5.74) is 1.50. The Morgan fingerprint density at radius 1 is 1.11 bits per heavy atom. The number of amides is 1. The van der Waals surface area contributed by atoms with E-state index in [1.807, 2.05) is 18.2 Å². The molecule has 2 bridgehead atoms. The van der Waals surface area contributed by atoms with Gasteiger partial charge in [-0.1, -0.05) is 59.6 Å². The van der Waals surface area contributed by atoms with E-state index in [2.05, 4.69) is 29.4 Å². The minimum absolute atomic E-state index is 0.0587. The van der Waals surface area contributed by atoms with Crippen molar-refractivity contribution in [2.75, 3.05) is 13.6 Å². The molecule has 27 heavy (non-hydrogen) atoms. The average Bonchev–Trinajstić information content (AvgIpc) is 2.69. The standard InChI is InChI=1S/C22H24Cl2N2O/c1-26-14-15-10-12-22(26,13-11-15)20(16-6-3-2-4-7-16)25-21(27)17-8-5-9-18(23)19(17)24/h2-9,15,20H,10-14H2,1H3,(H,25,27)/t15?,20-,22?/m1/s1. The van der Waals surface area contributed by atoms with Crippen molar-refractivity contribution in [2.45, 2.75) is 37.3 Å². The van der Waals surface area contributed by atoms with Gasteiger partial charge in [0, 0.05) is 12.1 Å². The summed E-state index contributed by atoms with van der Waals surface area (Å²) in [5.74, 6) is 0.609. The predicted molar refractivity (Wildman–Crippen MR) is 110 cm³/mol. The summed E-state index contributed by atoms with van der Waals surface area (Å²) in [6.07, 6.45) is 4.64. The normalized spacial score (nSPS) is 26.0. The summed E-state index contributed by atoms with van der Waals surface area (Å²) in [6.45, 7) is 1.09. The molecule has 0 spiro atoms. The van der Waals surface area contributed by atoms with Gasteiger partial charge in [-0.25, -0.2) is 0 Å². The minimum atomic E-state index is -0.174. The highest BCUT2D eigenvalue weighted by Crippen LogP contribution is 2.49. The molecule has 2 aliphatic heterocycles. The van der Waals surface area contributed by atoms with Gasteiger partial charge in [0.05, 0.1) is 21.7 Å². The molecular weight excluding hydrogens is 379 g/mol. The zero-order valence-electron chi connectivity index (χ0n) is 15.4. The number of fused-ring (bicyclic) bond motifs is 3. The van der Waals surface area contributed by atoms with Gasteiger partial charge in [0.25, 0.3) is 5.91 Å². The van der Waals surface area contributed by atoms with Crippen LogP contribution < -0.4 is 5.32 Å². The second-order valence-corrected chi connectivity index (χ2v) is 8.63. The predicted octanol–water partition coefficient (Wildman–Crippen LogP) is 5.34. The van der Waals surface area contributed by atoms with Gasteiger partial charge >= 0.3 is 0 Å². The topological polar surface area (TPSA) is 32.3 Å². The molecule has 3 nitrogen and oxygen atoms in total. The highest BCUT2D eigenvalue weighted by Gasteiger charge is 2.50. The van der Waals surface area contributed by atoms with Gasteiger partial charge in [-0.15, -0.1) is 0 Å². The molecule has 2 aromatic rings. The first kappa shape index (κ1) is 18.8. The Kier molecular flexibility index (Phi) is 5.19. The molecule has 1 atom stereocenters. The lowest BCUT2D eigenvalue weighted by Crippen LogP contribution is -2.62. The van der Waals surface area contributed by atoms with Gasteiger partial charge in [-0.05, 0) is 56.3 Å². The van der Waals surface area contributed by atoms with Gasteiger partial charge in [0.15, 0.2) is 0 Å². The summed E-state index contributed by atoms with van der Waals surface area (Å²) < 4.78 is 0. The summed E-state index contributed by atoms with van der Waals surface area (Å²) in [4.78, 5) is 15.6. The summed E-state index contributed by atoms with van der Waals surface area (Å²) in [5, 5.41) is 4.01. The van der Waals surface area contributed by atoms with Crippen LogP contribution in [0.2, 0.25) is 10.0 Å². The zero-order valence-corrected chi connectivity index (χ0v) is 16.9. The lowest BCUT2D eigenvalue weighted by Gasteiger charge is -2.57. The van der Waals surface area contributed by atoms with Gasteiger partial charge in [-0.2, -0.15) is 0 Å². The third kappa shape index (κ3) is 3.37. The second-order valence-electron chi connectivity index (χ2n) is 7.85. The Bertz CT molecular complexity index is 831. The number of nitrogens with one attached hydrogen (secondary N) is 1. The number of piperidine rings is 2. The van der Waals surface area contributed by atoms with Gasteiger partial charge in [0.1, 0.15) is 0 Å². The summed E-state index contributed by atoms with van der Waals surface area (Å²) in [6, 6.07) is 15.4. The number of likely N-dealkylation sites (N-methyl/N-ethyl adjacent to an activating group) is 1. The number of carbonyl (C=O) groups is 1. The van der Waals surface area contributed by atoms with Crippen molar-refractivity contribution in [3.8, 4) is 0 Å². The first-order valence-corrected chi connectivity index (χ1v) is 10.3. The Balaban J connectivity index is 1.71. The number of hydrogen-bond donors (Lipinski definition) is 1. The fourth-order valence-corrected chi connectivity index (χ4v) is 5.27. The number of carbonyl (C=O) groups excluding carboxylic acids is 1. The summed E-state index contributed by atoms with van der Waals surface area (Å²) in [7, 11) is 2.19. The van der Waals surface area contributed by atoms with Crippen LogP contribution in [0.5, 0.6) is 0 Å². The zero-order chi connectivity index (χ0) is 19.0. The molecule has 1 N–H and O–H groups in total. The van der Waals surface area contributed by atoms with E-state index in [0.29, 0.717) is 15.6 Å². The van der Waals surface area contributed by atoms with Crippen LogP contribution in [0, 0.1) is 5.92 Å². The van der Waals surface area contributed by atoms with E-state index in [4.69, 9.17) is 23.2 Å². The van der Waals surface area contributed by atoms with Crippen LogP contribution >= 0.6 is 23.2 Å². The van der Waals surface area contributed by atoms with Gasteiger partial charge in [-0.3, -0.25) is 9.69 Å². The van der Waals surface area contributed by atoms with Crippen molar-refractivity contribution in [1.29, 1.82) is 0 Å². The molecule has 1 aliphatic carbocycles. The Labute approximate surface area is 170 Å². The molecule has 5 rings (SSSR count). The molecule has 2 aromatic carbocycles. The van der Waals surface area contributed by atoms with Crippen LogP contribution in [-0.2, 0) is 0 Å². The molecule has 2 saturated heterocycles. The molecular formula is C22H24Cl2N2O. The molecule has 1 saturated carbocycles. The van der Waals surface area contributed by atoms with E-state index in [1.54, 1.807) is 18.2 Å². The largest absolute Gasteiger partial charge is 0.343 e. The fraction of sp³-hybridized carbons (Fsp3) is 0.409. The third-order valence-corrected chi connectivity index (χ3v) is 7.22. The molecule has 3 fully saturated rings. The van der Waals surface area contributed by atoms with Crippen LogP contribution in [0.25, 0.3) is 0 Å². The van der Waals surface area contributed by atoms with Crippen molar-refractivity contribution < 1.29 is 4.79 Å². The molecule has 1 amide bonds. The molecule has 0 aromatic heterocycles. The Morgan fingerprint density at radius 3 is 2.48 bits per heavy atom. The quantitative estimate of drug-likeness (QED) is 0.748. The van der Waals surface area contributed by atoms with E-state index in [0.717, 1.165) is 30.9 Å². The van der Waals surface area contributed by atoms with Crippen molar-refractivity contribution >= 4 is 29.1 Å². The number of halogens is 2. The number of benzene rings is 2. The SMILES string of the molecule is CN1CC2CCC1([C@H](NC(=O)c1cccc(Cl)c1Cl)c1ccccc1)CC2. The smallest absolute Gasteiger partial charge is 0.253 e. The maximum absolute atomic E-state index is 13.1. The van der Waals surface area contributed by atoms with E-state index in [1.165, 1.54) is 12.8 Å². The number of nitrogens with zero attached hydrogens (tertiary/aromatic N) is 1. The van der Waals surface area contributed by atoms with E-state index < -0.39 is 0 Å². The van der Waals surface area contributed by atoms with Crippen molar-refractivity contribution in [1.82, 2.24) is 10.2 Å². The first-order chi connectivity index (χ1) is 13.0. The van der Waals surface area contributed by atoms with Crippen molar-refractivity contribution in [2.24, 2.45) is 5.92 Å². The van der Waals surface area contributed by atoms with Crippen molar-refractivity contribution in [3.63, 3.8) is 0 Å². The monoisotopic (exact) mass is 402 g/mol. The van der Waals surface area contributed by atoms with Crippen LogP contribution in [0.4, 0.5) is 0 Å². The summed E-state index contributed by atoms with van der Waals surface area (Å²) >= 11 is 12.4. The second kappa shape index (κ2) is 7.46. The van der Waals surface area contributed by atoms with Gasteiger partial charge in [0.2, 0.25) is 0 Å². The Morgan fingerprint density at radius 2 is 1.81 bits per heavy atom. The molecule has 3 aliphatic rings. The molecule has 142 valence electrons. The lowest BCUT2D eigenvalue weighted by atomic mass is 9.66. The maximum atomic E-state index is 13.1. The van der Waals surface area contributed by atoms with Gasteiger partial charge < -0.3 is 5.32 Å². The average molecular weight is 403 g/mol. The van der Waals surface area contributed by atoms with Crippen LogP contribution in [0.3, 0.4) is 0 Å². The lowest BCUT2D eigenvalue weighted by molar-refractivity contribution is -0.0404. The highest BCUT2D eigenvalue weighted by molar-refractivity contribution is 6.43.